The van der Waals surface area contributed by atoms with Gasteiger partial charge in [-0.1, -0.05) is 0 Å². The minimum absolute atomic E-state index is 0.236. The van der Waals surface area contributed by atoms with Crippen molar-refractivity contribution in [3.05, 3.63) is 0 Å². The summed E-state index contributed by atoms with van der Waals surface area (Å²) < 4.78 is 0. The molecule has 0 saturated carbocycles. The molecule has 0 aliphatic carbocycles. The first-order chi connectivity index (χ1) is 4.20. The Morgan fingerprint density at radius 2 is 2.33 bits per heavy atom. The van der Waals surface area contributed by atoms with E-state index in [1.54, 1.807) is 0 Å². The van der Waals surface area contributed by atoms with Crippen LogP contribution in [-0.2, 0) is 0 Å². The van der Waals surface area contributed by atoms with Crippen molar-refractivity contribution in [3.8, 4) is 0 Å². The van der Waals surface area contributed by atoms with Gasteiger partial charge in [-0.05, 0) is 6.42 Å². The minimum atomic E-state index is -1.10. The molecule has 9 heavy (non-hydrogen) atoms. The van der Waals surface area contributed by atoms with Crippen LogP contribution in [0.15, 0.2) is 0 Å². The van der Waals surface area contributed by atoms with Crippen molar-refractivity contribution in [3.63, 3.8) is 0 Å². The normalized spacial score (nSPS) is 39.0. The minimum Gasteiger partial charge on any atom is -0.392 e. The number of hydrogen-bond donors (Lipinski definition) is 3. The van der Waals surface area contributed by atoms with E-state index < -0.39 is 6.23 Å². The van der Waals surface area contributed by atoms with Crippen molar-refractivity contribution in [2.75, 3.05) is 6.54 Å². The van der Waals surface area contributed by atoms with Gasteiger partial charge in [0.2, 0.25) is 0 Å². The predicted octanol–water partition coefficient (Wildman–Crippen LogP) is -1.69. The second-order valence-corrected chi connectivity index (χ2v) is 2.35. The van der Waals surface area contributed by atoms with Gasteiger partial charge in [-0.2, -0.15) is 0 Å². The van der Waals surface area contributed by atoms with Gasteiger partial charge in [0.05, 0.1) is 12.1 Å². The number of nitrogens with one attached hydrogen (secondary N) is 2. The summed E-state index contributed by atoms with van der Waals surface area (Å²) in [4.78, 5) is 0. The van der Waals surface area contributed by atoms with Gasteiger partial charge in [0.15, 0.2) is 0 Å². The van der Waals surface area contributed by atoms with Crippen molar-refractivity contribution in [1.29, 1.82) is 0 Å². The van der Waals surface area contributed by atoms with Crippen LogP contribution in [0.25, 0.3) is 0 Å². The summed E-state index contributed by atoms with van der Waals surface area (Å²) in [7, 11) is 0. The monoisotopic (exact) mass is 131 g/mol. The maximum atomic E-state index is 8.89. The molecule has 4 nitrogen and oxygen atoms in total. The highest BCUT2D eigenvalue weighted by molar-refractivity contribution is 4.83. The van der Waals surface area contributed by atoms with Gasteiger partial charge in [-0.3, -0.25) is 0 Å². The van der Waals surface area contributed by atoms with E-state index in [2.05, 4.69) is 5.32 Å². The van der Waals surface area contributed by atoms with Gasteiger partial charge in [0.25, 0.3) is 0 Å². The molecule has 3 atom stereocenters. The van der Waals surface area contributed by atoms with Crippen molar-refractivity contribution < 1.29 is 10.2 Å². The van der Waals surface area contributed by atoms with Gasteiger partial charge in [0, 0.05) is 6.54 Å². The van der Waals surface area contributed by atoms with E-state index in [0.717, 1.165) is 0 Å². The summed E-state index contributed by atoms with van der Waals surface area (Å²) in [6.45, 7) is 0.501. The second-order valence-electron chi connectivity index (χ2n) is 2.35. The van der Waals surface area contributed by atoms with E-state index >= 15 is 0 Å². The van der Waals surface area contributed by atoms with Gasteiger partial charge in [-0.25, -0.2) is 5.73 Å². The number of aliphatic hydroxyl groups is 2. The molecule has 1 heterocycles. The Morgan fingerprint density at radius 1 is 1.67 bits per heavy atom. The molecule has 1 radical (unpaired) electrons. The number of aliphatic hydroxyl groups excluding tert-OH is 2. The molecule has 1 saturated heterocycles. The Balaban J connectivity index is 2.30. The van der Waals surface area contributed by atoms with Crippen LogP contribution in [0.5, 0.6) is 0 Å². The van der Waals surface area contributed by atoms with Crippen molar-refractivity contribution >= 4 is 0 Å². The molecule has 0 aromatic carbocycles. The topological polar surface area (TPSA) is 76.3 Å². The smallest absolute Gasteiger partial charge is 0.132 e. The van der Waals surface area contributed by atoms with Crippen molar-refractivity contribution in [1.82, 2.24) is 11.1 Å². The molecular weight excluding hydrogens is 120 g/mol. The Bertz CT molecular complexity index is 97.0. The molecule has 0 spiro atoms. The van der Waals surface area contributed by atoms with Crippen LogP contribution >= 0.6 is 0 Å². The summed E-state index contributed by atoms with van der Waals surface area (Å²) in [5.74, 6) is 0. The quantitative estimate of drug-likeness (QED) is 0.397. The number of rotatable bonds is 1. The Hall–Kier alpha value is -0.160. The first-order valence-electron chi connectivity index (χ1n) is 3.01. The molecule has 1 aliphatic heterocycles. The molecule has 53 valence electrons. The standard InChI is InChI=1S/C5H11N2O2/c6-5(9)4-1-3(8)2-7-4/h3-9H,1-2H2/t3?,4?,5-/m0/s1. The fourth-order valence-corrected chi connectivity index (χ4v) is 0.988. The predicted molar refractivity (Wildman–Crippen MR) is 31.5 cm³/mol. The largest absolute Gasteiger partial charge is 0.392 e. The zero-order valence-electron chi connectivity index (χ0n) is 5.04. The molecule has 4 N–H and O–H groups in total. The lowest BCUT2D eigenvalue weighted by molar-refractivity contribution is 0.124. The highest BCUT2D eigenvalue weighted by Crippen LogP contribution is 2.07. The highest BCUT2D eigenvalue weighted by atomic mass is 16.3. The van der Waals surface area contributed by atoms with Crippen LogP contribution in [0, 0.1) is 0 Å². The van der Waals surface area contributed by atoms with Crippen molar-refractivity contribution in [2.24, 2.45) is 0 Å². The Morgan fingerprint density at radius 3 is 2.56 bits per heavy atom. The fraction of sp³-hybridized carbons (Fsp3) is 1.00. The molecule has 1 fully saturated rings. The third-order valence-corrected chi connectivity index (χ3v) is 1.52. The molecule has 0 amide bonds. The second kappa shape index (κ2) is 2.62. The van der Waals surface area contributed by atoms with Crippen LogP contribution in [0.2, 0.25) is 0 Å². The lowest BCUT2D eigenvalue weighted by Gasteiger charge is -2.10. The summed E-state index contributed by atoms with van der Waals surface area (Å²) in [5.41, 5.74) is 6.85. The molecule has 1 aliphatic rings. The van der Waals surface area contributed by atoms with Crippen LogP contribution in [0.4, 0.5) is 0 Å². The Labute approximate surface area is 53.7 Å². The maximum Gasteiger partial charge on any atom is 0.132 e. The van der Waals surface area contributed by atoms with Gasteiger partial charge < -0.3 is 15.5 Å². The SMILES string of the molecule is [NH][C@@H](O)C1CC(O)CN1. The molecule has 0 bridgehead atoms. The van der Waals surface area contributed by atoms with Gasteiger partial charge in [-0.15, -0.1) is 0 Å². The molecule has 0 aromatic heterocycles. The van der Waals surface area contributed by atoms with Crippen LogP contribution < -0.4 is 11.1 Å². The Kier molecular flexibility index (Phi) is 2.02. The number of hydrogen-bond acceptors (Lipinski definition) is 3. The number of β-amino-alcohol motifs (C(OH)–C–C–N with tert-alkyl or cyclic N) is 1. The van der Waals surface area contributed by atoms with Crippen LogP contribution in [0.1, 0.15) is 6.42 Å². The van der Waals surface area contributed by atoms with E-state index in [1.807, 2.05) is 0 Å². The third kappa shape index (κ3) is 1.62. The fourth-order valence-electron chi connectivity index (χ4n) is 0.988. The van der Waals surface area contributed by atoms with Crippen LogP contribution in [0.3, 0.4) is 0 Å². The third-order valence-electron chi connectivity index (χ3n) is 1.52. The first-order valence-corrected chi connectivity index (χ1v) is 3.01. The average molecular weight is 131 g/mol. The maximum absolute atomic E-state index is 8.89. The lowest BCUT2D eigenvalue weighted by atomic mass is 10.2. The van der Waals surface area contributed by atoms with Gasteiger partial charge >= 0.3 is 0 Å². The average Bonchev–Trinajstić information content (AvgIpc) is 2.14. The molecule has 0 aromatic rings. The van der Waals surface area contributed by atoms with E-state index in [-0.39, 0.29) is 12.1 Å². The van der Waals surface area contributed by atoms with E-state index in [1.165, 1.54) is 0 Å². The summed E-state index contributed by atoms with van der Waals surface area (Å²) in [6.07, 6.45) is -0.984. The molecular formula is C5H11N2O2. The summed E-state index contributed by atoms with van der Waals surface area (Å²) in [6, 6.07) is -0.236. The summed E-state index contributed by atoms with van der Waals surface area (Å²) >= 11 is 0. The lowest BCUT2D eigenvalue weighted by Crippen LogP contribution is -2.35. The zero-order chi connectivity index (χ0) is 6.85. The van der Waals surface area contributed by atoms with Crippen LogP contribution in [-0.4, -0.2) is 35.1 Å². The van der Waals surface area contributed by atoms with E-state index in [9.17, 15) is 0 Å². The molecule has 4 heteroatoms. The van der Waals surface area contributed by atoms with Crippen molar-refractivity contribution in [2.45, 2.75) is 24.8 Å². The van der Waals surface area contributed by atoms with Gasteiger partial charge in [0.1, 0.15) is 6.23 Å². The zero-order valence-corrected chi connectivity index (χ0v) is 5.04. The summed E-state index contributed by atoms with van der Waals surface area (Å²) in [5, 5.41) is 20.4. The molecule has 2 unspecified atom stereocenters. The van der Waals surface area contributed by atoms with E-state index in [0.29, 0.717) is 13.0 Å². The first kappa shape index (κ1) is 6.95. The van der Waals surface area contributed by atoms with E-state index in [4.69, 9.17) is 15.9 Å². The molecule has 1 rings (SSSR count). The highest BCUT2D eigenvalue weighted by Gasteiger charge is 2.25.